The van der Waals surface area contributed by atoms with Gasteiger partial charge in [-0.15, -0.1) is 5.10 Å². The van der Waals surface area contributed by atoms with E-state index in [0.29, 0.717) is 12.4 Å². The average molecular weight is 251 g/mol. The van der Waals surface area contributed by atoms with E-state index in [4.69, 9.17) is 16.3 Å². The van der Waals surface area contributed by atoms with Crippen molar-refractivity contribution < 1.29 is 4.74 Å². The van der Waals surface area contributed by atoms with Crippen molar-refractivity contribution in [1.82, 2.24) is 15.2 Å². The van der Waals surface area contributed by atoms with Crippen LogP contribution in [-0.4, -0.2) is 21.8 Å². The molecule has 0 aliphatic rings. The Morgan fingerprint density at radius 3 is 2.94 bits per heavy atom. The van der Waals surface area contributed by atoms with Crippen LogP contribution in [0, 0.1) is 0 Å². The van der Waals surface area contributed by atoms with E-state index in [0.717, 1.165) is 11.4 Å². The standard InChI is InChI=1S/C11H11ClN4O/c1-2-17-9-6-4-3-5-8(9)14-10-7-13-16-11(12)15-10/h3-7H,2H2,1H3,(H,14,15,16). The van der Waals surface area contributed by atoms with E-state index < -0.39 is 0 Å². The Bertz CT molecular complexity index is 506. The number of halogens is 1. The quantitative estimate of drug-likeness (QED) is 0.904. The summed E-state index contributed by atoms with van der Waals surface area (Å²) >= 11 is 5.66. The first kappa shape index (κ1) is 11.6. The first-order valence-electron chi connectivity index (χ1n) is 5.13. The maximum Gasteiger partial charge on any atom is 0.244 e. The molecule has 0 bridgehead atoms. The molecule has 2 aromatic rings. The van der Waals surface area contributed by atoms with Crippen LogP contribution >= 0.6 is 11.6 Å². The van der Waals surface area contributed by atoms with Crippen LogP contribution in [0.5, 0.6) is 5.75 Å². The summed E-state index contributed by atoms with van der Waals surface area (Å²) in [5, 5.41) is 10.5. The second kappa shape index (κ2) is 5.45. The van der Waals surface area contributed by atoms with Gasteiger partial charge in [0.15, 0.2) is 5.82 Å². The predicted molar refractivity (Wildman–Crippen MR) is 65.7 cm³/mol. The molecule has 6 heteroatoms. The number of benzene rings is 1. The van der Waals surface area contributed by atoms with Crippen molar-refractivity contribution >= 4 is 23.1 Å². The van der Waals surface area contributed by atoms with Crippen molar-refractivity contribution in [2.45, 2.75) is 6.92 Å². The summed E-state index contributed by atoms with van der Waals surface area (Å²) in [6.07, 6.45) is 1.49. The van der Waals surface area contributed by atoms with Crippen molar-refractivity contribution in [3.05, 3.63) is 35.7 Å². The molecule has 0 saturated carbocycles. The van der Waals surface area contributed by atoms with Crippen molar-refractivity contribution in [2.24, 2.45) is 0 Å². The van der Waals surface area contributed by atoms with Crippen molar-refractivity contribution in [3.63, 3.8) is 0 Å². The van der Waals surface area contributed by atoms with Gasteiger partial charge in [0.05, 0.1) is 18.5 Å². The van der Waals surface area contributed by atoms with E-state index in [9.17, 15) is 0 Å². The molecule has 0 amide bonds. The summed E-state index contributed by atoms with van der Waals surface area (Å²) in [7, 11) is 0. The van der Waals surface area contributed by atoms with Gasteiger partial charge >= 0.3 is 0 Å². The van der Waals surface area contributed by atoms with E-state index in [2.05, 4.69) is 20.5 Å². The Morgan fingerprint density at radius 1 is 1.35 bits per heavy atom. The number of rotatable bonds is 4. The lowest BCUT2D eigenvalue weighted by Gasteiger charge is -2.10. The Morgan fingerprint density at radius 2 is 2.18 bits per heavy atom. The molecule has 88 valence electrons. The molecule has 0 radical (unpaired) electrons. The van der Waals surface area contributed by atoms with Gasteiger partial charge in [-0.05, 0) is 30.7 Å². The lowest BCUT2D eigenvalue weighted by molar-refractivity contribution is 0.342. The number of anilines is 2. The molecule has 1 aromatic carbocycles. The van der Waals surface area contributed by atoms with Crippen LogP contribution in [-0.2, 0) is 0 Å². The van der Waals surface area contributed by atoms with Gasteiger partial charge in [-0.3, -0.25) is 0 Å². The highest BCUT2D eigenvalue weighted by Gasteiger charge is 2.04. The van der Waals surface area contributed by atoms with Crippen LogP contribution in [0.1, 0.15) is 6.92 Å². The van der Waals surface area contributed by atoms with E-state index in [1.807, 2.05) is 31.2 Å². The molecule has 2 rings (SSSR count). The first-order valence-corrected chi connectivity index (χ1v) is 5.51. The van der Waals surface area contributed by atoms with Crippen molar-refractivity contribution in [1.29, 1.82) is 0 Å². The minimum Gasteiger partial charge on any atom is -0.492 e. The van der Waals surface area contributed by atoms with E-state index in [1.54, 1.807) is 0 Å². The van der Waals surface area contributed by atoms with Crippen molar-refractivity contribution in [2.75, 3.05) is 11.9 Å². The monoisotopic (exact) mass is 250 g/mol. The molecule has 0 atom stereocenters. The molecule has 0 saturated heterocycles. The highest BCUT2D eigenvalue weighted by molar-refractivity contribution is 6.28. The summed E-state index contributed by atoms with van der Waals surface area (Å²) in [4.78, 5) is 3.99. The van der Waals surface area contributed by atoms with Gasteiger partial charge in [0.2, 0.25) is 5.28 Å². The zero-order valence-electron chi connectivity index (χ0n) is 9.22. The fourth-order valence-electron chi connectivity index (χ4n) is 1.33. The fraction of sp³-hybridized carbons (Fsp3) is 0.182. The van der Waals surface area contributed by atoms with Gasteiger partial charge in [0, 0.05) is 0 Å². The number of hydrogen-bond donors (Lipinski definition) is 1. The molecule has 17 heavy (non-hydrogen) atoms. The van der Waals surface area contributed by atoms with Crippen LogP contribution in [0.2, 0.25) is 5.28 Å². The molecule has 0 unspecified atom stereocenters. The fourth-order valence-corrected chi connectivity index (χ4v) is 1.47. The van der Waals surface area contributed by atoms with Gasteiger partial charge in [0.25, 0.3) is 0 Å². The Balaban J connectivity index is 2.23. The number of aromatic nitrogens is 3. The molecular weight excluding hydrogens is 240 g/mol. The maximum atomic E-state index is 5.66. The number of nitrogens with one attached hydrogen (secondary N) is 1. The van der Waals surface area contributed by atoms with Crippen LogP contribution in [0.4, 0.5) is 11.5 Å². The molecule has 0 fully saturated rings. The number of ether oxygens (including phenoxy) is 1. The molecule has 1 aromatic heterocycles. The Kier molecular flexibility index (Phi) is 3.72. The summed E-state index contributed by atoms with van der Waals surface area (Å²) in [5.74, 6) is 1.28. The van der Waals surface area contributed by atoms with Crippen molar-refractivity contribution in [3.8, 4) is 5.75 Å². The number of hydrogen-bond acceptors (Lipinski definition) is 5. The lowest BCUT2D eigenvalue weighted by atomic mass is 10.3. The summed E-state index contributed by atoms with van der Waals surface area (Å²) < 4.78 is 5.48. The third kappa shape index (κ3) is 3.04. The smallest absolute Gasteiger partial charge is 0.244 e. The van der Waals surface area contributed by atoms with Gasteiger partial charge in [-0.1, -0.05) is 12.1 Å². The predicted octanol–water partition coefficient (Wildman–Crippen LogP) is 2.67. The van der Waals surface area contributed by atoms with Crippen LogP contribution < -0.4 is 10.1 Å². The van der Waals surface area contributed by atoms with Crippen LogP contribution in [0.25, 0.3) is 0 Å². The van der Waals surface area contributed by atoms with Crippen LogP contribution in [0.15, 0.2) is 30.5 Å². The third-order valence-corrected chi connectivity index (χ3v) is 2.14. The minimum atomic E-state index is 0.101. The normalized spacial score (nSPS) is 10.0. The molecule has 1 N–H and O–H groups in total. The van der Waals surface area contributed by atoms with Gasteiger partial charge in [-0.25, -0.2) is 0 Å². The zero-order chi connectivity index (χ0) is 12.1. The topological polar surface area (TPSA) is 59.9 Å². The number of nitrogens with zero attached hydrogens (tertiary/aromatic N) is 3. The second-order valence-electron chi connectivity index (χ2n) is 3.16. The average Bonchev–Trinajstić information content (AvgIpc) is 2.32. The molecular formula is C11H11ClN4O. The molecule has 0 aliphatic heterocycles. The Hall–Kier alpha value is -1.88. The Labute approximate surface area is 104 Å². The summed E-state index contributed by atoms with van der Waals surface area (Å²) in [6, 6.07) is 7.57. The van der Waals surface area contributed by atoms with Gasteiger partial charge in [-0.2, -0.15) is 10.1 Å². The largest absolute Gasteiger partial charge is 0.492 e. The molecule has 0 spiro atoms. The third-order valence-electron chi connectivity index (χ3n) is 1.98. The zero-order valence-corrected chi connectivity index (χ0v) is 9.98. The summed E-state index contributed by atoms with van der Waals surface area (Å²) in [6.45, 7) is 2.53. The first-order chi connectivity index (χ1) is 8.29. The summed E-state index contributed by atoms with van der Waals surface area (Å²) in [5.41, 5.74) is 0.811. The van der Waals surface area contributed by atoms with Gasteiger partial charge < -0.3 is 10.1 Å². The second-order valence-corrected chi connectivity index (χ2v) is 3.50. The minimum absolute atomic E-state index is 0.101. The highest BCUT2D eigenvalue weighted by atomic mass is 35.5. The van der Waals surface area contributed by atoms with E-state index in [-0.39, 0.29) is 5.28 Å². The highest BCUT2D eigenvalue weighted by Crippen LogP contribution is 2.26. The SMILES string of the molecule is CCOc1ccccc1Nc1cnnc(Cl)n1. The number of para-hydroxylation sites is 2. The molecule has 1 heterocycles. The van der Waals surface area contributed by atoms with E-state index >= 15 is 0 Å². The molecule has 5 nitrogen and oxygen atoms in total. The van der Waals surface area contributed by atoms with E-state index in [1.165, 1.54) is 6.20 Å². The lowest BCUT2D eigenvalue weighted by Crippen LogP contribution is -2.00. The molecule has 0 aliphatic carbocycles. The van der Waals surface area contributed by atoms with Gasteiger partial charge in [0.1, 0.15) is 5.75 Å². The van der Waals surface area contributed by atoms with Crippen LogP contribution in [0.3, 0.4) is 0 Å². The maximum absolute atomic E-state index is 5.66.